The van der Waals surface area contributed by atoms with Crippen molar-refractivity contribution in [2.75, 3.05) is 0 Å². The molecule has 0 atom stereocenters. The molecule has 0 aliphatic rings. The first-order chi connectivity index (χ1) is 11.4. The van der Waals surface area contributed by atoms with E-state index in [0.29, 0.717) is 0 Å². The van der Waals surface area contributed by atoms with Crippen molar-refractivity contribution in [3.05, 3.63) is 12.2 Å². The monoisotopic (exact) mass is 319 g/mol. The van der Waals surface area contributed by atoms with Crippen LogP contribution in [0.1, 0.15) is 122 Å². The predicted molar refractivity (Wildman–Crippen MR) is 104 cm³/mol. The summed E-state index contributed by atoms with van der Waals surface area (Å²) in [4.78, 5) is 0. The molecular weight excluding hydrogens is 278 g/mol. The molecule has 0 spiro atoms. The lowest BCUT2D eigenvalue weighted by atomic mass is 10.0. The largest absolute Gasteiger partial charge is 0.193 e. The lowest BCUT2D eigenvalue weighted by Crippen LogP contribution is -1.83. The van der Waals surface area contributed by atoms with E-state index in [-0.39, 0.29) is 0 Å². The van der Waals surface area contributed by atoms with Gasteiger partial charge in [-0.3, -0.25) is 0 Å². The molecule has 0 aromatic heterocycles. The molecule has 23 heavy (non-hydrogen) atoms. The second-order valence-electron chi connectivity index (χ2n) is 6.98. The van der Waals surface area contributed by atoms with Gasteiger partial charge in [0.1, 0.15) is 0 Å². The van der Waals surface area contributed by atoms with Gasteiger partial charge in [0.05, 0.1) is 6.07 Å². The molecule has 0 aromatic carbocycles. The predicted octanol–water partition coefficient (Wildman–Crippen LogP) is 8.11. The first kappa shape index (κ1) is 22.2. The maximum atomic E-state index is 8.37. The van der Waals surface area contributed by atoms with Gasteiger partial charge in [-0.1, -0.05) is 116 Å². The van der Waals surface area contributed by atoms with Gasteiger partial charge in [0, 0.05) is 6.08 Å². The highest BCUT2D eigenvalue weighted by atomic mass is 14.2. The quantitative estimate of drug-likeness (QED) is 0.185. The van der Waals surface area contributed by atoms with E-state index in [1.807, 2.05) is 12.1 Å². The molecule has 0 saturated heterocycles. The molecule has 0 amide bonds. The molecule has 0 aliphatic carbocycles. The van der Waals surface area contributed by atoms with Crippen LogP contribution in [-0.4, -0.2) is 0 Å². The standard InChI is InChI=1S/C22H41N/c1-2-3-4-5-6-7-8-9-10-11-12-13-14-15-16-17-18-19-20-21-22-23/h20-21H,2-19H2,1H3. The zero-order chi connectivity index (χ0) is 16.8. The summed E-state index contributed by atoms with van der Waals surface area (Å²) in [5, 5.41) is 8.37. The van der Waals surface area contributed by atoms with E-state index in [2.05, 4.69) is 6.92 Å². The van der Waals surface area contributed by atoms with Gasteiger partial charge in [0.25, 0.3) is 0 Å². The van der Waals surface area contributed by atoms with Gasteiger partial charge in [-0.2, -0.15) is 5.26 Å². The molecule has 0 saturated carbocycles. The molecule has 1 heteroatoms. The molecule has 0 bridgehead atoms. The summed E-state index contributed by atoms with van der Waals surface area (Å²) >= 11 is 0. The van der Waals surface area contributed by atoms with E-state index >= 15 is 0 Å². The number of hydrogen-bond acceptors (Lipinski definition) is 1. The number of rotatable bonds is 18. The summed E-state index contributed by atoms with van der Waals surface area (Å²) in [6.45, 7) is 2.29. The molecule has 0 aliphatic heterocycles. The fourth-order valence-electron chi connectivity index (χ4n) is 3.12. The zero-order valence-electron chi connectivity index (χ0n) is 15.8. The highest BCUT2D eigenvalue weighted by Crippen LogP contribution is 2.14. The van der Waals surface area contributed by atoms with Gasteiger partial charge < -0.3 is 0 Å². The van der Waals surface area contributed by atoms with E-state index in [0.717, 1.165) is 6.42 Å². The Labute approximate surface area is 146 Å². The van der Waals surface area contributed by atoms with E-state index < -0.39 is 0 Å². The number of allylic oxidation sites excluding steroid dienone is 2. The first-order valence-corrected chi connectivity index (χ1v) is 10.5. The van der Waals surface area contributed by atoms with E-state index in [4.69, 9.17) is 5.26 Å². The van der Waals surface area contributed by atoms with Crippen LogP contribution in [0.4, 0.5) is 0 Å². The second-order valence-corrected chi connectivity index (χ2v) is 6.98. The Morgan fingerprint density at radius 2 is 0.913 bits per heavy atom. The summed E-state index contributed by atoms with van der Waals surface area (Å²) in [5.74, 6) is 0. The van der Waals surface area contributed by atoms with Crippen LogP contribution in [0.15, 0.2) is 12.2 Å². The number of hydrogen-bond donors (Lipinski definition) is 0. The summed E-state index contributed by atoms with van der Waals surface area (Å²) in [5.41, 5.74) is 0. The highest BCUT2D eigenvalue weighted by Gasteiger charge is 1.94. The Bertz CT molecular complexity index is 274. The lowest BCUT2D eigenvalue weighted by Gasteiger charge is -2.03. The third kappa shape index (κ3) is 21.2. The molecule has 0 N–H and O–H groups in total. The molecule has 134 valence electrons. The SMILES string of the molecule is CCCCCCCCCCCCCCCCCCCC=CC#N. The minimum Gasteiger partial charge on any atom is -0.193 e. The molecule has 1 nitrogen and oxygen atoms in total. The van der Waals surface area contributed by atoms with Crippen LogP contribution in [0.25, 0.3) is 0 Å². The van der Waals surface area contributed by atoms with Crippen molar-refractivity contribution in [1.29, 1.82) is 5.26 Å². The normalized spacial score (nSPS) is 11.1. The van der Waals surface area contributed by atoms with Crippen molar-refractivity contribution in [3.8, 4) is 6.07 Å². The fraction of sp³-hybridized carbons (Fsp3) is 0.864. The van der Waals surface area contributed by atoms with Crippen LogP contribution in [-0.2, 0) is 0 Å². The minimum atomic E-state index is 1.08. The molecule has 0 fully saturated rings. The Morgan fingerprint density at radius 3 is 1.26 bits per heavy atom. The van der Waals surface area contributed by atoms with Crippen molar-refractivity contribution in [2.24, 2.45) is 0 Å². The molecular formula is C22H41N. The van der Waals surface area contributed by atoms with Crippen LogP contribution >= 0.6 is 0 Å². The van der Waals surface area contributed by atoms with Crippen molar-refractivity contribution < 1.29 is 0 Å². The molecule has 0 unspecified atom stereocenters. The third-order valence-corrected chi connectivity index (χ3v) is 4.67. The Kier molecular flexibility index (Phi) is 20.5. The Morgan fingerprint density at radius 1 is 0.565 bits per heavy atom. The average molecular weight is 320 g/mol. The van der Waals surface area contributed by atoms with E-state index in [9.17, 15) is 0 Å². The third-order valence-electron chi connectivity index (χ3n) is 4.67. The van der Waals surface area contributed by atoms with Gasteiger partial charge in [0.15, 0.2) is 0 Å². The van der Waals surface area contributed by atoms with Gasteiger partial charge >= 0.3 is 0 Å². The topological polar surface area (TPSA) is 23.8 Å². The van der Waals surface area contributed by atoms with Crippen molar-refractivity contribution in [3.63, 3.8) is 0 Å². The summed E-state index contributed by atoms with van der Waals surface area (Å²) in [6.07, 6.45) is 28.8. The van der Waals surface area contributed by atoms with Gasteiger partial charge in [-0.15, -0.1) is 0 Å². The summed E-state index contributed by atoms with van der Waals surface area (Å²) < 4.78 is 0. The Balaban J connectivity index is 2.97. The number of unbranched alkanes of at least 4 members (excludes halogenated alkanes) is 17. The first-order valence-electron chi connectivity index (χ1n) is 10.5. The van der Waals surface area contributed by atoms with Crippen LogP contribution < -0.4 is 0 Å². The average Bonchev–Trinajstić information content (AvgIpc) is 2.57. The highest BCUT2D eigenvalue weighted by molar-refractivity contribution is 5.01. The van der Waals surface area contributed by atoms with Gasteiger partial charge in [0.2, 0.25) is 0 Å². The van der Waals surface area contributed by atoms with E-state index in [1.54, 1.807) is 6.08 Å². The Hall–Kier alpha value is -0.770. The van der Waals surface area contributed by atoms with Crippen LogP contribution in [0.5, 0.6) is 0 Å². The number of nitriles is 1. The van der Waals surface area contributed by atoms with Crippen molar-refractivity contribution in [1.82, 2.24) is 0 Å². The number of nitrogens with zero attached hydrogens (tertiary/aromatic N) is 1. The van der Waals surface area contributed by atoms with Crippen LogP contribution in [0, 0.1) is 11.3 Å². The lowest BCUT2D eigenvalue weighted by molar-refractivity contribution is 0.527. The maximum absolute atomic E-state index is 8.37. The van der Waals surface area contributed by atoms with E-state index in [1.165, 1.54) is 109 Å². The van der Waals surface area contributed by atoms with Crippen LogP contribution in [0.3, 0.4) is 0 Å². The van der Waals surface area contributed by atoms with Gasteiger partial charge in [-0.05, 0) is 12.8 Å². The molecule has 0 rings (SSSR count). The van der Waals surface area contributed by atoms with Crippen LogP contribution in [0.2, 0.25) is 0 Å². The zero-order valence-corrected chi connectivity index (χ0v) is 15.8. The smallest absolute Gasteiger partial charge is 0.0908 e. The molecule has 0 heterocycles. The fourth-order valence-corrected chi connectivity index (χ4v) is 3.12. The van der Waals surface area contributed by atoms with Crippen molar-refractivity contribution in [2.45, 2.75) is 122 Å². The summed E-state index contributed by atoms with van der Waals surface area (Å²) in [7, 11) is 0. The van der Waals surface area contributed by atoms with Crippen molar-refractivity contribution >= 4 is 0 Å². The molecule has 0 aromatic rings. The summed E-state index contributed by atoms with van der Waals surface area (Å²) in [6, 6.07) is 2.04. The minimum absolute atomic E-state index is 1.08. The second kappa shape index (κ2) is 21.2. The maximum Gasteiger partial charge on any atom is 0.0908 e. The molecule has 0 radical (unpaired) electrons. The van der Waals surface area contributed by atoms with Gasteiger partial charge in [-0.25, -0.2) is 0 Å².